The molecule has 1 atom stereocenters. The number of aryl methyl sites for hydroxylation is 1. The maximum Gasteiger partial charge on any atom is 0.108 e. The molecule has 0 radical (unpaired) electrons. The first-order chi connectivity index (χ1) is 8.13. The molecule has 0 spiro atoms. The van der Waals surface area contributed by atoms with Crippen LogP contribution in [0.4, 0.5) is 0 Å². The van der Waals surface area contributed by atoms with Crippen molar-refractivity contribution in [3.63, 3.8) is 0 Å². The number of hydrogen-bond acceptors (Lipinski definition) is 1. The molecule has 0 aliphatic rings. The fourth-order valence-corrected chi connectivity index (χ4v) is 2.58. The highest BCUT2D eigenvalue weighted by Crippen LogP contribution is 2.37. The molecule has 0 saturated heterocycles. The van der Waals surface area contributed by atoms with Crippen molar-refractivity contribution < 1.29 is 4.42 Å². The van der Waals surface area contributed by atoms with Gasteiger partial charge in [-0.25, -0.2) is 0 Å². The highest BCUT2D eigenvalue weighted by atomic mass is 35.5. The SMILES string of the molecule is CCc1occc1C(Cl)c1cc(Cl)ccc1Cl. The third kappa shape index (κ3) is 2.62. The van der Waals surface area contributed by atoms with E-state index in [0.29, 0.717) is 10.0 Å². The summed E-state index contributed by atoms with van der Waals surface area (Å²) in [6.45, 7) is 2.02. The van der Waals surface area contributed by atoms with Gasteiger partial charge in [-0.3, -0.25) is 0 Å². The highest BCUT2D eigenvalue weighted by Gasteiger charge is 2.19. The number of benzene rings is 1. The van der Waals surface area contributed by atoms with Gasteiger partial charge in [0.2, 0.25) is 0 Å². The molecule has 0 saturated carbocycles. The number of alkyl halides is 1. The van der Waals surface area contributed by atoms with Gasteiger partial charge in [-0.05, 0) is 29.8 Å². The maximum absolute atomic E-state index is 6.43. The topological polar surface area (TPSA) is 13.1 Å². The average Bonchev–Trinajstić information content (AvgIpc) is 2.79. The van der Waals surface area contributed by atoms with E-state index in [1.807, 2.05) is 13.0 Å². The van der Waals surface area contributed by atoms with E-state index < -0.39 is 0 Å². The standard InChI is InChI=1S/C13H11Cl3O/c1-2-12-9(5-6-17-12)13(16)10-7-8(14)3-4-11(10)15/h3-7,13H,2H2,1H3. The summed E-state index contributed by atoms with van der Waals surface area (Å²) in [7, 11) is 0. The minimum absolute atomic E-state index is 0.338. The van der Waals surface area contributed by atoms with Gasteiger partial charge in [0.05, 0.1) is 11.6 Å². The Balaban J connectivity index is 2.43. The van der Waals surface area contributed by atoms with Crippen molar-refractivity contribution in [1.29, 1.82) is 0 Å². The second-order valence-corrected chi connectivity index (χ2v) is 4.96. The Morgan fingerprint density at radius 1 is 1.18 bits per heavy atom. The molecular formula is C13H11Cl3O. The second kappa shape index (κ2) is 5.34. The Morgan fingerprint density at radius 2 is 1.94 bits per heavy atom. The Labute approximate surface area is 115 Å². The van der Waals surface area contributed by atoms with Gasteiger partial charge in [-0.1, -0.05) is 30.1 Å². The summed E-state index contributed by atoms with van der Waals surface area (Å²) in [6.07, 6.45) is 2.44. The Morgan fingerprint density at radius 3 is 2.65 bits per heavy atom. The van der Waals surface area contributed by atoms with Crippen LogP contribution in [0.2, 0.25) is 10.0 Å². The summed E-state index contributed by atoms with van der Waals surface area (Å²) in [6, 6.07) is 7.15. The van der Waals surface area contributed by atoms with Crippen LogP contribution in [-0.4, -0.2) is 0 Å². The first-order valence-electron chi connectivity index (χ1n) is 5.28. The predicted octanol–water partition coefficient (Wildman–Crippen LogP) is 5.48. The Bertz CT molecular complexity index is 519. The largest absolute Gasteiger partial charge is 0.469 e. The van der Waals surface area contributed by atoms with Gasteiger partial charge in [0.15, 0.2) is 0 Å². The predicted molar refractivity (Wildman–Crippen MR) is 72.2 cm³/mol. The van der Waals surface area contributed by atoms with Crippen LogP contribution in [0.1, 0.15) is 29.2 Å². The smallest absolute Gasteiger partial charge is 0.108 e. The van der Waals surface area contributed by atoms with E-state index in [9.17, 15) is 0 Å². The Hall–Kier alpha value is -0.630. The van der Waals surface area contributed by atoms with Crippen molar-refractivity contribution in [2.75, 3.05) is 0 Å². The van der Waals surface area contributed by atoms with E-state index >= 15 is 0 Å². The lowest BCUT2D eigenvalue weighted by Crippen LogP contribution is -1.96. The molecule has 0 bridgehead atoms. The van der Waals surface area contributed by atoms with Crippen molar-refractivity contribution in [3.8, 4) is 0 Å². The first kappa shape index (κ1) is 12.8. The third-order valence-corrected chi connectivity index (χ3v) is 3.65. The van der Waals surface area contributed by atoms with E-state index in [-0.39, 0.29) is 5.38 Å². The monoisotopic (exact) mass is 288 g/mol. The third-order valence-electron chi connectivity index (χ3n) is 2.61. The lowest BCUT2D eigenvalue weighted by molar-refractivity contribution is 0.512. The van der Waals surface area contributed by atoms with Crippen molar-refractivity contribution in [2.24, 2.45) is 0 Å². The molecule has 0 N–H and O–H groups in total. The van der Waals surface area contributed by atoms with E-state index in [1.165, 1.54) is 0 Å². The highest BCUT2D eigenvalue weighted by molar-refractivity contribution is 6.35. The van der Waals surface area contributed by atoms with Gasteiger partial charge in [-0.15, -0.1) is 11.6 Å². The second-order valence-electron chi connectivity index (χ2n) is 3.68. The minimum atomic E-state index is -0.338. The molecule has 1 heterocycles. The summed E-state index contributed by atoms with van der Waals surface area (Å²) in [4.78, 5) is 0. The molecular weight excluding hydrogens is 279 g/mol. The molecule has 2 aromatic rings. The average molecular weight is 290 g/mol. The van der Waals surface area contributed by atoms with Crippen LogP contribution in [0.15, 0.2) is 34.9 Å². The normalized spacial score (nSPS) is 12.7. The molecule has 1 unspecified atom stereocenters. The van der Waals surface area contributed by atoms with Crippen LogP contribution in [0, 0.1) is 0 Å². The summed E-state index contributed by atoms with van der Waals surface area (Å²) < 4.78 is 5.37. The van der Waals surface area contributed by atoms with Crippen molar-refractivity contribution in [2.45, 2.75) is 18.7 Å². The zero-order valence-electron chi connectivity index (χ0n) is 9.21. The maximum atomic E-state index is 6.43. The summed E-state index contributed by atoms with van der Waals surface area (Å²) >= 11 is 18.5. The van der Waals surface area contributed by atoms with Gasteiger partial charge >= 0.3 is 0 Å². The van der Waals surface area contributed by atoms with Gasteiger partial charge in [0.25, 0.3) is 0 Å². The number of halogens is 3. The molecule has 0 fully saturated rings. The van der Waals surface area contributed by atoms with Gasteiger partial charge < -0.3 is 4.42 Å². The summed E-state index contributed by atoms with van der Waals surface area (Å²) in [5.41, 5.74) is 1.75. The zero-order valence-corrected chi connectivity index (χ0v) is 11.5. The van der Waals surface area contributed by atoms with Gasteiger partial charge in [-0.2, -0.15) is 0 Å². The van der Waals surface area contributed by atoms with Crippen LogP contribution in [0.5, 0.6) is 0 Å². The van der Waals surface area contributed by atoms with Crippen molar-refractivity contribution in [3.05, 3.63) is 57.5 Å². The van der Waals surface area contributed by atoms with E-state index in [1.54, 1.807) is 24.5 Å². The van der Waals surface area contributed by atoms with Crippen LogP contribution < -0.4 is 0 Å². The number of furan rings is 1. The molecule has 2 rings (SSSR count). The molecule has 17 heavy (non-hydrogen) atoms. The fraction of sp³-hybridized carbons (Fsp3) is 0.231. The molecule has 1 aromatic heterocycles. The molecule has 0 aliphatic carbocycles. The number of hydrogen-bond donors (Lipinski definition) is 0. The van der Waals surface area contributed by atoms with Crippen LogP contribution >= 0.6 is 34.8 Å². The quantitative estimate of drug-likeness (QED) is 0.682. The van der Waals surface area contributed by atoms with Crippen molar-refractivity contribution >= 4 is 34.8 Å². The van der Waals surface area contributed by atoms with E-state index in [0.717, 1.165) is 23.3 Å². The molecule has 1 aromatic carbocycles. The van der Waals surface area contributed by atoms with Crippen LogP contribution in [-0.2, 0) is 6.42 Å². The molecule has 1 nitrogen and oxygen atoms in total. The lowest BCUT2D eigenvalue weighted by Gasteiger charge is -2.12. The van der Waals surface area contributed by atoms with E-state index in [4.69, 9.17) is 39.2 Å². The summed E-state index contributed by atoms with van der Waals surface area (Å²) in [5.74, 6) is 0.876. The fourth-order valence-electron chi connectivity index (χ4n) is 1.74. The number of rotatable bonds is 3. The molecule has 0 amide bonds. The molecule has 90 valence electrons. The molecule has 4 heteroatoms. The minimum Gasteiger partial charge on any atom is -0.469 e. The zero-order chi connectivity index (χ0) is 12.4. The summed E-state index contributed by atoms with van der Waals surface area (Å²) in [5, 5.41) is 0.893. The Kier molecular flexibility index (Phi) is 4.03. The molecule has 0 aliphatic heterocycles. The van der Waals surface area contributed by atoms with Crippen LogP contribution in [0.25, 0.3) is 0 Å². The first-order valence-corrected chi connectivity index (χ1v) is 6.48. The van der Waals surface area contributed by atoms with Crippen molar-refractivity contribution in [1.82, 2.24) is 0 Å². The van der Waals surface area contributed by atoms with Gasteiger partial charge in [0.1, 0.15) is 5.76 Å². The lowest BCUT2D eigenvalue weighted by atomic mass is 10.0. The van der Waals surface area contributed by atoms with Gasteiger partial charge in [0, 0.05) is 22.0 Å². The van der Waals surface area contributed by atoms with E-state index in [2.05, 4.69) is 0 Å². The van der Waals surface area contributed by atoms with Crippen LogP contribution in [0.3, 0.4) is 0 Å².